The number of carbonyl (C=O) groups excluding carboxylic acids is 1. The molecule has 1 aliphatic carbocycles. The molecule has 1 fully saturated rings. The predicted molar refractivity (Wildman–Crippen MR) is 71.6 cm³/mol. The van der Waals surface area contributed by atoms with E-state index in [-0.39, 0.29) is 23.7 Å². The maximum atomic E-state index is 12.7. The molecule has 2 rings (SSSR count). The number of carboxylic acids is 1. The first-order valence-electron chi connectivity index (χ1n) is 6.81. The van der Waals surface area contributed by atoms with E-state index in [0.717, 1.165) is 12.0 Å². The van der Waals surface area contributed by atoms with Crippen LogP contribution in [0.1, 0.15) is 31.2 Å². The zero-order chi connectivity index (χ0) is 14.5. The molecule has 0 unspecified atom stereocenters. The highest BCUT2D eigenvalue weighted by Gasteiger charge is 2.30. The first-order chi connectivity index (χ1) is 9.54. The van der Waals surface area contributed by atoms with Gasteiger partial charge in [0.1, 0.15) is 5.82 Å². The molecule has 0 radical (unpaired) electrons. The summed E-state index contributed by atoms with van der Waals surface area (Å²) in [4.78, 5) is 22.6. The third-order valence-corrected chi connectivity index (χ3v) is 3.70. The molecule has 1 aromatic carbocycles. The average molecular weight is 279 g/mol. The monoisotopic (exact) mass is 279 g/mol. The summed E-state index contributed by atoms with van der Waals surface area (Å²) in [6, 6.07) is 6.05. The van der Waals surface area contributed by atoms with Crippen molar-refractivity contribution in [3.05, 3.63) is 35.6 Å². The van der Waals surface area contributed by atoms with Crippen LogP contribution in [0.4, 0.5) is 4.39 Å². The number of hydrogen-bond acceptors (Lipinski definition) is 2. The van der Waals surface area contributed by atoms with E-state index in [1.54, 1.807) is 12.1 Å². The van der Waals surface area contributed by atoms with Gasteiger partial charge in [-0.2, -0.15) is 0 Å². The van der Waals surface area contributed by atoms with Crippen LogP contribution in [0.15, 0.2) is 24.3 Å². The number of amides is 1. The molecule has 1 aliphatic rings. The van der Waals surface area contributed by atoms with E-state index in [9.17, 15) is 14.0 Å². The van der Waals surface area contributed by atoms with Gasteiger partial charge in [-0.15, -0.1) is 0 Å². The second-order valence-electron chi connectivity index (χ2n) is 5.24. The SMILES string of the molecule is O=C(CCc1ccc(F)cc1)N[C@H]1CC[C@@H](C(=O)O)C1. The molecule has 0 bridgehead atoms. The van der Waals surface area contributed by atoms with Crippen molar-refractivity contribution in [3.63, 3.8) is 0 Å². The van der Waals surface area contributed by atoms with Crippen molar-refractivity contribution < 1.29 is 19.1 Å². The van der Waals surface area contributed by atoms with Crippen LogP contribution in [0.5, 0.6) is 0 Å². The lowest BCUT2D eigenvalue weighted by molar-refractivity contribution is -0.141. The van der Waals surface area contributed by atoms with Crippen molar-refractivity contribution >= 4 is 11.9 Å². The Morgan fingerprint density at radius 2 is 1.95 bits per heavy atom. The van der Waals surface area contributed by atoms with Gasteiger partial charge in [-0.1, -0.05) is 12.1 Å². The van der Waals surface area contributed by atoms with Gasteiger partial charge in [0.2, 0.25) is 5.91 Å². The summed E-state index contributed by atoms with van der Waals surface area (Å²) in [5.41, 5.74) is 0.913. The highest BCUT2D eigenvalue weighted by Crippen LogP contribution is 2.25. The summed E-state index contributed by atoms with van der Waals surface area (Å²) in [6.45, 7) is 0. The van der Waals surface area contributed by atoms with Crippen molar-refractivity contribution in [3.8, 4) is 0 Å². The largest absolute Gasteiger partial charge is 0.481 e. The standard InChI is InChI=1S/C15H18FNO3/c16-12-5-1-10(2-6-12)3-8-14(18)17-13-7-4-11(9-13)15(19)20/h1-2,5-6,11,13H,3-4,7-9H2,(H,17,18)(H,19,20)/t11-,13+/m1/s1. The van der Waals surface area contributed by atoms with Gasteiger partial charge in [0.15, 0.2) is 0 Å². The highest BCUT2D eigenvalue weighted by atomic mass is 19.1. The molecule has 20 heavy (non-hydrogen) atoms. The number of aliphatic carboxylic acids is 1. The highest BCUT2D eigenvalue weighted by molar-refractivity contribution is 5.77. The van der Waals surface area contributed by atoms with Gasteiger partial charge < -0.3 is 10.4 Å². The second-order valence-corrected chi connectivity index (χ2v) is 5.24. The van der Waals surface area contributed by atoms with Crippen LogP contribution in [0.3, 0.4) is 0 Å². The number of carbonyl (C=O) groups is 2. The maximum Gasteiger partial charge on any atom is 0.306 e. The molecule has 2 N–H and O–H groups in total. The Morgan fingerprint density at radius 3 is 2.55 bits per heavy atom. The first-order valence-corrected chi connectivity index (χ1v) is 6.81. The Labute approximate surface area is 117 Å². The number of benzene rings is 1. The third kappa shape index (κ3) is 4.05. The van der Waals surface area contributed by atoms with E-state index < -0.39 is 5.97 Å². The molecule has 1 amide bonds. The topological polar surface area (TPSA) is 66.4 Å². The normalized spacial score (nSPS) is 21.6. The predicted octanol–water partition coefficient (Wildman–Crippen LogP) is 2.13. The molecule has 0 spiro atoms. The quantitative estimate of drug-likeness (QED) is 0.867. The fourth-order valence-electron chi connectivity index (χ4n) is 2.55. The van der Waals surface area contributed by atoms with E-state index in [1.165, 1.54) is 12.1 Å². The molecule has 0 aliphatic heterocycles. The smallest absolute Gasteiger partial charge is 0.306 e. The molecule has 108 valence electrons. The van der Waals surface area contributed by atoms with Crippen LogP contribution in [0, 0.1) is 11.7 Å². The van der Waals surface area contributed by atoms with Crippen LogP contribution in [-0.2, 0) is 16.0 Å². The van der Waals surface area contributed by atoms with E-state index in [4.69, 9.17) is 5.11 Å². The first kappa shape index (κ1) is 14.5. The zero-order valence-electron chi connectivity index (χ0n) is 11.1. The molecule has 1 saturated carbocycles. The number of halogens is 1. The van der Waals surface area contributed by atoms with Crippen molar-refractivity contribution in [1.82, 2.24) is 5.32 Å². The van der Waals surface area contributed by atoms with Gasteiger partial charge >= 0.3 is 5.97 Å². The summed E-state index contributed by atoms with van der Waals surface area (Å²) in [6.07, 6.45) is 2.75. The maximum absolute atomic E-state index is 12.7. The number of hydrogen-bond donors (Lipinski definition) is 2. The Morgan fingerprint density at radius 1 is 1.25 bits per heavy atom. The number of carboxylic acid groups (broad SMARTS) is 1. The molecule has 5 heteroatoms. The van der Waals surface area contributed by atoms with Crippen molar-refractivity contribution in [2.45, 2.75) is 38.1 Å². The molecule has 2 atom stereocenters. The summed E-state index contributed by atoms with van der Waals surface area (Å²) in [5.74, 6) is -1.49. The average Bonchev–Trinajstić information content (AvgIpc) is 2.87. The van der Waals surface area contributed by atoms with Gasteiger partial charge in [0.05, 0.1) is 5.92 Å². The van der Waals surface area contributed by atoms with E-state index in [1.807, 2.05) is 0 Å². The summed E-state index contributed by atoms with van der Waals surface area (Å²) in [7, 11) is 0. The minimum atomic E-state index is -0.784. The van der Waals surface area contributed by atoms with E-state index >= 15 is 0 Å². The lowest BCUT2D eigenvalue weighted by Crippen LogP contribution is -2.33. The van der Waals surface area contributed by atoms with Crippen LogP contribution >= 0.6 is 0 Å². The van der Waals surface area contributed by atoms with Crippen LogP contribution in [0.2, 0.25) is 0 Å². The third-order valence-electron chi connectivity index (χ3n) is 3.70. The van der Waals surface area contributed by atoms with Gasteiger partial charge in [0, 0.05) is 12.5 Å². The zero-order valence-corrected chi connectivity index (χ0v) is 11.1. The fraction of sp³-hybridized carbons (Fsp3) is 0.467. The minimum Gasteiger partial charge on any atom is -0.481 e. The van der Waals surface area contributed by atoms with Crippen LogP contribution < -0.4 is 5.32 Å². The Kier molecular flexibility index (Phi) is 4.71. The molecule has 4 nitrogen and oxygen atoms in total. The van der Waals surface area contributed by atoms with Gasteiger partial charge in [-0.25, -0.2) is 4.39 Å². The number of rotatable bonds is 5. The minimum absolute atomic E-state index is 0.0307. The van der Waals surface area contributed by atoms with Crippen molar-refractivity contribution in [2.24, 2.45) is 5.92 Å². The van der Waals surface area contributed by atoms with E-state index in [0.29, 0.717) is 25.7 Å². The van der Waals surface area contributed by atoms with Gasteiger partial charge in [-0.05, 0) is 43.4 Å². The molecule has 0 aromatic heterocycles. The summed E-state index contributed by atoms with van der Waals surface area (Å²) in [5, 5.41) is 11.8. The molecular weight excluding hydrogens is 261 g/mol. The molecule has 0 saturated heterocycles. The number of nitrogens with one attached hydrogen (secondary N) is 1. The summed E-state index contributed by atoms with van der Waals surface area (Å²) >= 11 is 0. The van der Waals surface area contributed by atoms with Crippen molar-refractivity contribution in [1.29, 1.82) is 0 Å². The fourth-order valence-corrected chi connectivity index (χ4v) is 2.55. The van der Waals surface area contributed by atoms with Gasteiger partial charge in [0.25, 0.3) is 0 Å². The lowest BCUT2D eigenvalue weighted by atomic mass is 10.1. The van der Waals surface area contributed by atoms with Crippen LogP contribution in [0.25, 0.3) is 0 Å². The molecular formula is C15H18FNO3. The van der Waals surface area contributed by atoms with Crippen LogP contribution in [-0.4, -0.2) is 23.0 Å². The lowest BCUT2D eigenvalue weighted by Gasteiger charge is -2.12. The molecule has 1 aromatic rings. The summed E-state index contributed by atoms with van der Waals surface area (Å²) < 4.78 is 12.7. The Bertz CT molecular complexity index is 486. The van der Waals surface area contributed by atoms with Gasteiger partial charge in [-0.3, -0.25) is 9.59 Å². The second kappa shape index (κ2) is 6.50. The van der Waals surface area contributed by atoms with Crippen molar-refractivity contribution in [2.75, 3.05) is 0 Å². The number of aryl methyl sites for hydroxylation is 1. The Balaban J connectivity index is 1.73. The molecule has 0 heterocycles. The Hall–Kier alpha value is -1.91. The van der Waals surface area contributed by atoms with E-state index in [2.05, 4.69) is 5.32 Å².